The number of ketones is 1. The van der Waals surface area contributed by atoms with Crippen LogP contribution in [0.2, 0.25) is 0 Å². The predicted octanol–water partition coefficient (Wildman–Crippen LogP) is 3.32. The molecule has 40 heavy (non-hydrogen) atoms. The second kappa shape index (κ2) is 10.1. The number of nitrogens with two attached hydrogens (primary N) is 1. The van der Waals surface area contributed by atoms with Crippen LogP contribution in [0, 0.1) is 11.3 Å². The first-order valence-electron chi connectivity index (χ1n) is 11.3. The van der Waals surface area contributed by atoms with Gasteiger partial charge in [0.05, 0.1) is 23.7 Å². The molecule has 0 saturated carbocycles. The Bertz CT molecular complexity index is 1960. The van der Waals surface area contributed by atoms with E-state index in [9.17, 15) is 35.5 Å². The highest BCUT2D eigenvalue weighted by atomic mass is 32.2. The van der Waals surface area contributed by atoms with Gasteiger partial charge in [-0.05, 0) is 35.9 Å². The molecule has 15 heteroatoms. The Morgan fingerprint density at radius 3 is 2.15 bits per heavy atom. The number of nitrogens with one attached hydrogen (secondary N) is 1. The molecule has 0 spiro atoms. The zero-order chi connectivity index (χ0) is 29.7. The molecule has 0 atom stereocenters. The van der Waals surface area contributed by atoms with Gasteiger partial charge in [0.1, 0.15) is 0 Å². The first-order chi connectivity index (χ1) is 18.6. The molecule has 1 aliphatic heterocycles. The molecule has 2 aliphatic rings. The maximum absolute atomic E-state index is 13.0. The van der Waals surface area contributed by atoms with Gasteiger partial charge < -0.3 is 10.2 Å². The largest absolute Gasteiger partial charge is 0.453 e. The molecule has 1 heterocycles. The van der Waals surface area contributed by atoms with Gasteiger partial charge in [0.25, 0.3) is 20.2 Å². The van der Waals surface area contributed by atoms with Crippen molar-refractivity contribution in [3.63, 3.8) is 0 Å². The molecule has 0 radical (unpaired) electrons. The van der Waals surface area contributed by atoms with E-state index >= 15 is 0 Å². The molecule has 0 bridgehead atoms. The third kappa shape index (κ3) is 4.96. The molecule has 13 nitrogen and oxygen atoms in total. The molecule has 0 fully saturated rings. The van der Waals surface area contributed by atoms with E-state index in [1.807, 2.05) is 0 Å². The molecule has 2 aromatic rings. The fourth-order valence-electron chi connectivity index (χ4n) is 4.33. The fourth-order valence-corrected chi connectivity index (χ4v) is 5.82. The van der Waals surface area contributed by atoms with Crippen LogP contribution in [0.25, 0.3) is 33.4 Å². The molecule has 0 amide bonds. The van der Waals surface area contributed by atoms with Crippen molar-refractivity contribution in [3.05, 3.63) is 58.9 Å². The van der Waals surface area contributed by atoms with E-state index in [1.54, 1.807) is 13.8 Å². The van der Waals surface area contributed by atoms with Crippen molar-refractivity contribution in [1.29, 1.82) is 5.41 Å². The maximum Gasteiger partial charge on any atom is 0.373 e. The lowest BCUT2D eigenvalue weighted by Gasteiger charge is -2.20. The van der Waals surface area contributed by atoms with E-state index in [0.717, 1.165) is 19.2 Å². The van der Waals surface area contributed by atoms with Gasteiger partial charge in [-0.25, -0.2) is 4.79 Å². The number of fused-ring (bicyclic) bond motifs is 2. The van der Waals surface area contributed by atoms with Crippen LogP contribution in [0.3, 0.4) is 0 Å². The highest BCUT2D eigenvalue weighted by Crippen LogP contribution is 2.45. The Hall–Kier alpha value is -4.15. The Kier molecular flexibility index (Phi) is 7.29. The Morgan fingerprint density at radius 2 is 1.57 bits per heavy atom. The Balaban J connectivity index is 2.31. The monoisotopic (exact) mass is 590 g/mol. The molecule has 0 aromatic heterocycles. The van der Waals surface area contributed by atoms with E-state index < -0.39 is 64.3 Å². The van der Waals surface area contributed by atoms with Crippen LogP contribution in [-0.4, -0.2) is 44.8 Å². The SMILES string of the molecule is COOC(=O)c1cc(C(=O)C(C)C)ccc1-c1c2ccc(=N)c(S(=O)(=O)O)c-2oc2c(S(=O)(=O)O)c(N)ccc12. The minimum atomic E-state index is -5.13. The number of anilines is 1. The number of hydrogen-bond acceptors (Lipinski definition) is 11. The first kappa shape index (κ1) is 28.8. The number of Topliss-reactive ketones (excluding diaryl/α,β-unsaturated/α-hetero) is 1. The lowest BCUT2D eigenvalue weighted by Crippen LogP contribution is -2.17. The van der Waals surface area contributed by atoms with Gasteiger partial charge in [0.15, 0.2) is 26.9 Å². The van der Waals surface area contributed by atoms with Crippen molar-refractivity contribution < 1.29 is 49.7 Å². The first-order valence-corrected chi connectivity index (χ1v) is 14.2. The van der Waals surface area contributed by atoms with Crippen molar-refractivity contribution >= 4 is 48.6 Å². The highest BCUT2D eigenvalue weighted by molar-refractivity contribution is 7.86. The summed E-state index contributed by atoms with van der Waals surface area (Å²) in [6.45, 7) is 3.30. The molecule has 210 valence electrons. The molecule has 1 aliphatic carbocycles. The van der Waals surface area contributed by atoms with Crippen molar-refractivity contribution in [2.45, 2.75) is 23.6 Å². The van der Waals surface area contributed by atoms with Gasteiger partial charge in [0.2, 0.25) is 0 Å². The zero-order valence-electron chi connectivity index (χ0n) is 21.1. The van der Waals surface area contributed by atoms with Gasteiger partial charge in [-0.3, -0.25) is 24.2 Å². The summed E-state index contributed by atoms with van der Waals surface area (Å²) >= 11 is 0. The second-order valence-electron chi connectivity index (χ2n) is 8.92. The van der Waals surface area contributed by atoms with Crippen LogP contribution in [0.1, 0.15) is 34.6 Å². The zero-order valence-corrected chi connectivity index (χ0v) is 22.7. The summed E-state index contributed by atoms with van der Waals surface area (Å²) in [6, 6.07) is 8.71. The minimum absolute atomic E-state index is 0.00164. The molecule has 4 rings (SSSR count). The number of nitrogen functional groups attached to an aromatic ring is 1. The number of hydrogen-bond donors (Lipinski definition) is 4. The molecule has 0 unspecified atom stereocenters. The van der Waals surface area contributed by atoms with E-state index in [1.165, 1.54) is 30.3 Å². The highest BCUT2D eigenvalue weighted by Gasteiger charge is 2.32. The average Bonchev–Trinajstić information content (AvgIpc) is 2.84. The van der Waals surface area contributed by atoms with Crippen LogP contribution in [0.5, 0.6) is 0 Å². The van der Waals surface area contributed by atoms with Crippen LogP contribution < -0.4 is 11.1 Å². The van der Waals surface area contributed by atoms with Crippen molar-refractivity contribution in [3.8, 4) is 22.5 Å². The molecular formula is C25H22N2O11S2. The fraction of sp³-hybridized carbons (Fsp3) is 0.160. The van der Waals surface area contributed by atoms with Gasteiger partial charge in [-0.1, -0.05) is 26.0 Å². The molecule has 2 aromatic carbocycles. The van der Waals surface area contributed by atoms with E-state index in [-0.39, 0.29) is 39.0 Å². The Labute approximate surface area is 227 Å². The van der Waals surface area contributed by atoms with Crippen LogP contribution in [0.15, 0.2) is 56.7 Å². The van der Waals surface area contributed by atoms with Gasteiger partial charge in [-0.2, -0.15) is 21.7 Å². The van der Waals surface area contributed by atoms with Crippen molar-refractivity contribution in [2.24, 2.45) is 5.92 Å². The van der Waals surface area contributed by atoms with Gasteiger partial charge >= 0.3 is 5.97 Å². The third-order valence-electron chi connectivity index (χ3n) is 5.99. The summed E-state index contributed by atoms with van der Waals surface area (Å²) in [5.41, 5.74) is 4.51. The second-order valence-corrected chi connectivity index (χ2v) is 11.6. The lowest BCUT2D eigenvalue weighted by molar-refractivity contribution is -0.216. The normalized spacial score (nSPS) is 12.2. The van der Waals surface area contributed by atoms with E-state index in [4.69, 9.17) is 20.4 Å². The lowest BCUT2D eigenvalue weighted by atomic mass is 9.88. The standard InChI is InChI=1S/C25H22N2O11S2/c1-11(2)20(28)12-4-5-13(16(10-12)25(29)38-36-3)19-14-6-8-17(26)23(39(30,31)32)21(14)37-22-15(19)7-9-18(27)24(22)40(33,34)35/h4-11,26H,27H2,1-3H3,(H,30,31,32)(H,33,34,35). The van der Waals surface area contributed by atoms with Crippen LogP contribution in [0.4, 0.5) is 5.69 Å². The summed E-state index contributed by atoms with van der Waals surface area (Å²) < 4.78 is 74.8. The molecule has 5 N–H and O–H groups in total. The summed E-state index contributed by atoms with van der Waals surface area (Å²) in [6.07, 6.45) is 0. The van der Waals surface area contributed by atoms with Crippen LogP contribution in [-0.2, 0) is 30.0 Å². The number of carbonyl (C=O) groups is 2. The van der Waals surface area contributed by atoms with Gasteiger partial charge in [0, 0.05) is 28.0 Å². The summed E-state index contributed by atoms with van der Waals surface area (Å²) in [4.78, 5) is 33.0. The Morgan fingerprint density at radius 1 is 0.950 bits per heavy atom. The molecule has 0 saturated heterocycles. The van der Waals surface area contributed by atoms with Crippen LogP contribution >= 0.6 is 0 Å². The number of carbonyl (C=O) groups excluding carboxylic acids is 2. The molecular weight excluding hydrogens is 568 g/mol. The maximum atomic E-state index is 13.0. The van der Waals surface area contributed by atoms with Crippen molar-refractivity contribution in [1.82, 2.24) is 0 Å². The number of rotatable bonds is 7. The minimum Gasteiger partial charge on any atom is -0.453 e. The summed E-state index contributed by atoms with van der Waals surface area (Å²) in [5, 5.41) is 7.31. The average molecular weight is 591 g/mol. The van der Waals surface area contributed by atoms with E-state index in [2.05, 4.69) is 4.89 Å². The topological polar surface area (TPSA) is 224 Å². The predicted molar refractivity (Wildman–Crippen MR) is 140 cm³/mol. The summed E-state index contributed by atoms with van der Waals surface area (Å²) in [5.74, 6) is -2.48. The summed E-state index contributed by atoms with van der Waals surface area (Å²) in [7, 11) is -9.14. The van der Waals surface area contributed by atoms with E-state index in [0.29, 0.717) is 0 Å². The number of benzene rings is 3. The van der Waals surface area contributed by atoms with Gasteiger partial charge in [-0.15, -0.1) is 0 Å². The smallest absolute Gasteiger partial charge is 0.373 e. The quantitative estimate of drug-likeness (QED) is 0.0607. The third-order valence-corrected chi connectivity index (χ3v) is 7.85. The van der Waals surface area contributed by atoms with Crippen molar-refractivity contribution in [2.75, 3.05) is 12.8 Å².